The summed E-state index contributed by atoms with van der Waals surface area (Å²) in [7, 11) is 0. The van der Waals surface area contributed by atoms with Crippen LogP contribution in [0.4, 0.5) is 8.78 Å². The summed E-state index contributed by atoms with van der Waals surface area (Å²) >= 11 is 0. The van der Waals surface area contributed by atoms with Gasteiger partial charge < -0.3 is 14.9 Å². The molecule has 0 unspecified atom stereocenters. The van der Waals surface area contributed by atoms with Gasteiger partial charge in [-0.05, 0) is 0 Å². The van der Waals surface area contributed by atoms with Crippen LogP contribution in [0.5, 0.6) is 0 Å². The number of aromatic amines is 1. The van der Waals surface area contributed by atoms with Crippen molar-refractivity contribution in [1.29, 1.82) is 0 Å². The molecule has 7 nitrogen and oxygen atoms in total. The standard InChI is InChI=1S/C10H10F2N2O5/c11-8(12)6-7(17)4(3-15)19-9(6)14-2-1-5(16)13-10(14)18/h1-2,4,7,9,15,17H,3H2,(H,13,16,18)/t4-,7-,9-/m1/s1. The fraction of sp³-hybridized carbons (Fsp3) is 0.400. The topological polar surface area (TPSA) is 105 Å². The molecule has 2 rings (SSSR count). The van der Waals surface area contributed by atoms with Crippen molar-refractivity contribution in [2.75, 3.05) is 6.61 Å². The van der Waals surface area contributed by atoms with Gasteiger partial charge in [-0.15, -0.1) is 0 Å². The van der Waals surface area contributed by atoms with Crippen molar-refractivity contribution in [3.05, 3.63) is 44.8 Å². The first kappa shape index (κ1) is 13.6. The second-order valence-electron chi connectivity index (χ2n) is 3.89. The first-order valence-electron chi connectivity index (χ1n) is 5.26. The molecule has 1 aromatic rings. The summed E-state index contributed by atoms with van der Waals surface area (Å²) < 4.78 is 31.3. The third-order valence-electron chi connectivity index (χ3n) is 2.74. The first-order chi connectivity index (χ1) is 8.95. The van der Waals surface area contributed by atoms with E-state index < -0.39 is 47.9 Å². The molecule has 3 N–H and O–H groups in total. The van der Waals surface area contributed by atoms with E-state index in [-0.39, 0.29) is 0 Å². The number of rotatable bonds is 2. The highest BCUT2D eigenvalue weighted by Gasteiger charge is 2.42. The number of H-pyrrole nitrogens is 1. The second-order valence-corrected chi connectivity index (χ2v) is 3.89. The summed E-state index contributed by atoms with van der Waals surface area (Å²) in [5.74, 6) is 0. The van der Waals surface area contributed by atoms with E-state index in [1.54, 1.807) is 0 Å². The maximum absolute atomic E-state index is 12.8. The number of hydrogen-bond acceptors (Lipinski definition) is 5. The largest absolute Gasteiger partial charge is 0.394 e. The minimum Gasteiger partial charge on any atom is -0.394 e. The van der Waals surface area contributed by atoms with E-state index in [2.05, 4.69) is 0 Å². The number of aliphatic hydroxyl groups is 2. The van der Waals surface area contributed by atoms with Crippen molar-refractivity contribution in [3.63, 3.8) is 0 Å². The molecule has 0 amide bonds. The Bertz CT molecular complexity index is 619. The Balaban J connectivity index is 2.52. The van der Waals surface area contributed by atoms with Crippen molar-refractivity contribution in [3.8, 4) is 0 Å². The van der Waals surface area contributed by atoms with Crippen LogP contribution in [-0.2, 0) is 4.74 Å². The van der Waals surface area contributed by atoms with Crippen molar-refractivity contribution in [2.45, 2.75) is 18.4 Å². The monoisotopic (exact) mass is 276 g/mol. The van der Waals surface area contributed by atoms with E-state index in [1.807, 2.05) is 4.98 Å². The predicted octanol–water partition coefficient (Wildman–Crippen LogP) is -1.06. The molecule has 1 aromatic heterocycles. The van der Waals surface area contributed by atoms with Crippen LogP contribution in [0.2, 0.25) is 0 Å². The highest BCUT2D eigenvalue weighted by atomic mass is 19.3. The first-order valence-corrected chi connectivity index (χ1v) is 5.26. The molecule has 2 heterocycles. The number of aliphatic hydroxyl groups excluding tert-OH is 2. The van der Waals surface area contributed by atoms with Crippen molar-refractivity contribution < 1.29 is 23.7 Å². The molecular formula is C10H10F2N2O5. The molecule has 0 radical (unpaired) electrons. The van der Waals surface area contributed by atoms with Crippen LogP contribution in [0.1, 0.15) is 6.23 Å². The lowest BCUT2D eigenvalue weighted by Gasteiger charge is -2.14. The van der Waals surface area contributed by atoms with Crippen LogP contribution in [0.3, 0.4) is 0 Å². The minimum absolute atomic E-state index is 0.688. The Morgan fingerprint density at radius 3 is 2.68 bits per heavy atom. The minimum atomic E-state index is -2.20. The van der Waals surface area contributed by atoms with E-state index in [1.165, 1.54) is 0 Å². The summed E-state index contributed by atoms with van der Waals surface area (Å²) in [6.07, 6.45) is -5.78. The van der Waals surface area contributed by atoms with E-state index in [0.717, 1.165) is 12.3 Å². The highest BCUT2D eigenvalue weighted by Crippen LogP contribution is 2.36. The Hall–Kier alpha value is -1.84. The quantitative estimate of drug-likeness (QED) is 0.638. The summed E-state index contributed by atoms with van der Waals surface area (Å²) in [5, 5.41) is 18.5. The zero-order valence-electron chi connectivity index (χ0n) is 9.42. The number of nitrogens with one attached hydrogen (secondary N) is 1. The van der Waals surface area contributed by atoms with Gasteiger partial charge in [-0.25, -0.2) is 4.79 Å². The molecule has 0 aromatic carbocycles. The van der Waals surface area contributed by atoms with Gasteiger partial charge in [0.25, 0.3) is 11.6 Å². The average molecular weight is 276 g/mol. The molecule has 1 aliphatic rings. The van der Waals surface area contributed by atoms with Crippen molar-refractivity contribution >= 4 is 0 Å². The number of halogens is 2. The fourth-order valence-corrected chi connectivity index (χ4v) is 1.84. The number of ether oxygens (including phenoxy) is 1. The lowest BCUT2D eigenvalue weighted by Crippen LogP contribution is -2.32. The molecule has 0 aliphatic carbocycles. The van der Waals surface area contributed by atoms with Crippen LogP contribution in [-0.4, -0.2) is 38.6 Å². The van der Waals surface area contributed by atoms with Gasteiger partial charge >= 0.3 is 5.69 Å². The van der Waals surface area contributed by atoms with E-state index in [4.69, 9.17) is 9.84 Å². The Morgan fingerprint density at radius 1 is 1.47 bits per heavy atom. The van der Waals surface area contributed by atoms with E-state index in [9.17, 15) is 23.5 Å². The van der Waals surface area contributed by atoms with Gasteiger partial charge in [0.05, 0.1) is 12.2 Å². The molecule has 0 bridgehead atoms. The normalized spacial score (nSPS) is 26.7. The molecule has 1 aliphatic heterocycles. The fourth-order valence-electron chi connectivity index (χ4n) is 1.84. The van der Waals surface area contributed by atoms with Crippen LogP contribution >= 0.6 is 0 Å². The second kappa shape index (κ2) is 5.03. The lowest BCUT2D eigenvalue weighted by molar-refractivity contribution is -0.0448. The number of aromatic nitrogens is 2. The summed E-state index contributed by atoms with van der Waals surface area (Å²) in [6, 6.07) is 0.956. The lowest BCUT2D eigenvalue weighted by atomic mass is 10.1. The summed E-state index contributed by atoms with van der Waals surface area (Å²) in [5.41, 5.74) is -2.46. The molecule has 3 atom stereocenters. The van der Waals surface area contributed by atoms with Crippen LogP contribution in [0, 0.1) is 0 Å². The van der Waals surface area contributed by atoms with E-state index in [0.29, 0.717) is 4.57 Å². The van der Waals surface area contributed by atoms with Gasteiger partial charge in [0.2, 0.25) is 0 Å². The van der Waals surface area contributed by atoms with Gasteiger partial charge in [-0.1, -0.05) is 0 Å². The zero-order valence-corrected chi connectivity index (χ0v) is 9.42. The molecule has 0 saturated carbocycles. The molecular weight excluding hydrogens is 266 g/mol. The molecule has 0 spiro atoms. The Kier molecular flexibility index (Phi) is 3.60. The Morgan fingerprint density at radius 2 is 2.16 bits per heavy atom. The van der Waals surface area contributed by atoms with Crippen LogP contribution in [0.25, 0.3) is 0 Å². The molecule has 19 heavy (non-hydrogen) atoms. The van der Waals surface area contributed by atoms with Crippen LogP contribution in [0.15, 0.2) is 33.5 Å². The third kappa shape index (κ3) is 2.35. The average Bonchev–Trinajstić information content (AvgIpc) is 2.66. The molecule has 104 valence electrons. The maximum atomic E-state index is 12.8. The van der Waals surface area contributed by atoms with Gasteiger partial charge in [0.15, 0.2) is 6.23 Å². The number of hydrogen-bond donors (Lipinski definition) is 3. The highest BCUT2D eigenvalue weighted by molar-refractivity contribution is 5.19. The number of nitrogens with zero attached hydrogens (tertiary/aromatic N) is 1. The molecule has 1 fully saturated rings. The maximum Gasteiger partial charge on any atom is 0.330 e. The third-order valence-corrected chi connectivity index (χ3v) is 2.74. The SMILES string of the molecule is O=c1ccn([C@@H]2O[C@H](CO)[C@@H](O)C2=C(F)F)c(=O)[nH]1. The Labute approximate surface area is 104 Å². The van der Waals surface area contributed by atoms with Gasteiger partial charge in [-0.3, -0.25) is 14.3 Å². The van der Waals surface area contributed by atoms with Crippen molar-refractivity contribution in [2.24, 2.45) is 0 Å². The summed E-state index contributed by atoms with van der Waals surface area (Å²) in [6.45, 7) is -0.688. The van der Waals surface area contributed by atoms with E-state index >= 15 is 0 Å². The predicted molar refractivity (Wildman–Crippen MR) is 57.6 cm³/mol. The smallest absolute Gasteiger partial charge is 0.330 e. The van der Waals surface area contributed by atoms with Crippen molar-refractivity contribution in [1.82, 2.24) is 9.55 Å². The molecule has 1 saturated heterocycles. The molecule has 9 heteroatoms. The summed E-state index contributed by atoms with van der Waals surface area (Å²) in [4.78, 5) is 24.3. The zero-order chi connectivity index (χ0) is 14.2. The van der Waals surface area contributed by atoms with Gasteiger partial charge in [-0.2, -0.15) is 8.78 Å². The van der Waals surface area contributed by atoms with Gasteiger partial charge in [0.1, 0.15) is 12.2 Å². The van der Waals surface area contributed by atoms with Gasteiger partial charge in [0, 0.05) is 12.3 Å². The van der Waals surface area contributed by atoms with Crippen LogP contribution < -0.4 is 11.2 Å².